The van der Waals surface area contributed by atoms with E-state index in [4.69, 9.17) is 0 Å². The van der Waals surface area contributed by atoms with Crippen molar-refractivity contribution in [2.24, 2.45) is 0 Å². The molecule has 3 heterocycles. The summed E-state index contributed by atoms with van der Waals surface area (Å²) < 4.78 is 5.96. The zero-order valence-corrected chi connectivity index (χ0v) is 30.4. The third-order valence-electron chi connectivity index (χ3n) is 10.7. The zero-order chi connectivity index (χ0) is 36.3. The van der Waals surface area contributed by atoms with Gasteiger partial charge in [-0.2, -0.15) is 5.26 Å². The molecule has 0 atom stereocenters. The van der Waals surface area contributed by atoms with Crippen LogP contribution >= 0.6 is 11.3 Å². The Kier molecular flexibility index (Phi) is 7.43. The van der Waals surface area contributed by atoms with Gasteiger partial charge in [-0.05, 0) is 114 Å². The lowest BCUT2D eigenvalue weighted by atomic mass is 9.98. The maximum Gasteiger partial charge on any atom is 0.0991 e. The van der Waals surface area contributed by atoms with E-state index in [1.807, 2.05) is 41.7 Å². The highest BCUT2D eigenvalue weighted by molar-refractivity contribution is 7.20. The molecule has 10 aromatic rings. The maximum absolute atomic E-state index is 9.40. The first kappa shape index (κ1) is 31.8. The molecule has 254 valence electrons. The second-order valence-corrected chi connectivity index (χ2v) is 14.7. The summed E-state index contributed by atoms with van der Waals surface area (Å²) in [6, 6.07) is 56.6. The van der Waals surface area contributed by atoms with Crippen LogP contribution in [0.5, 0.6) is 0 Å². The monoisotopic (exact) mass is 707 g/mol. The first-order valence-corrected chi connectivity index (χ1v) is 19.0. The average molecular weight is 708 g/mol. The van der Waals surface area contributed by atoms with Crippen LogP contribution in [0.3, 0.4) is 0 Å². The lowest BCUT2D eigenvalue weighted by Crippen LogP contribution is -1.94. The minimum Gasteiger partial charge on any atom is -0.309 e. The Labute approximate surface area is 317 Å². The third-order valence-corrected chi connectivity index (χ3v) is 11.9. The van der Waals surface area contributed by atoms with Gasteiger partial charge in [0.25, 0.3) is 0 Å². The molecule has 0 fully saturated rings. The van der Waals surface area contributed by atoms with Gasteiger partial charge in [0.15, 0.2) is 0 Å². The highest BCUT2D eigenvalue weighted by Crippen LogP contribution is 2.43. The van der Waals surface area contributed by atoms with Crippen LogP contribution in [0.25, 0.3) is 99.5 Å². The SMILES string of the molecule is C=Cc1sc2c(-c3ccc4c(c3)c3cc(-c5ccc6c(c5)c5ccccc5n6-c5ccc(C#N)cc5)ccc3n4-c3ccccc3)cccc2c1/C=C\C. The van der Waals surface area contributed by atoms with Gasteiger partial charge in [-0.1, -0.05) is 97.6 Å². The molecule has 4 heteroatoms. The highest BCUT2D eigenvalue weighted by Gasteiger charge is 2.18. The average Bonchev–Trinajstić information content (AvgIpc) is 3.88. The van der Waals surface area contributed by atoms with E-state index < -0.39 is 0 Å². The Bertz CT molecular complexity index is 3180. The molecular weight excluding hydrogens is 675 g/mol. The Morgan fingerprint density at radius 2 is 1.11 bits per heavy atom. The second-order valence-electron chi connectivity index (χ2n) is 13.6. The predicted molar refractivity (Wildman–Crippen MR) is 231 cm³/mol. The Hall–Kier alpha value is -6.93. The van der Waals surface area contributed by atoms with Gasteiger partial charge < -0.3 is 9.13 Å². The standard InChI is InChI=1S/C50H33N3S/c1-3-11-40-41-16-10-15-38(50(41)54-49(40)4-2)35-22-27-48-44(30-35)43-29-34(21-26-47(43)52(48)36-12-6-5-7-13-36)33-20-25-46-42(28-33)39-14-8-9-17-45(39)53(46)37-23-18-32(31-51)19-24-37/h3-30H,2H2,1H3/b11-3-. The normalized spacial score (nSPS) is 11.8. The molecule has 0 aliphatic heterocycles. The lowest BCUT2D eigenvalue weighted by Gasteiger charge is -2.09. The van der Waals surface area contributed by atoms with Crippen molar-refractivity contribution < 1.29 is 0 Å². The van der Waals surface area contributed by atoms with Crippen LogP contribution in [-0.2, 0) is 0 Å². The Balaban J connectivity index is 1.18. The van der Waals surface area contributed by atoms with Gasteiger partial charge in [0, 0.05) is 47.9 Å². The number of nitrogens with zero attached hydrogens (tertiary/aromatic N) is 3. The number of nitriles is 1. The summed E-state index contributed by atoms with van der Waals surface area (Å²) in [5, 5.41) is 15.5. The molecule has 3 nitrogen and oxygen atoms in total. The second kappa shape index (κ2) is 12.6. The van der Waals surface area contributed by atoms with Crippen molar-refractivity contribution >= 4 is 77.2 Å². The van der Waals surface area contributed by atoms with E-state index >= 15 is 0 Å². The molecule has 0 saturated heterocycles. The molecule has 0 aliphatic carbocycles. The molecule has 0 radical (unpaired) electrons. The van der Waals surface area contributed by atoms with Gasteiger partial charge >= 0.3 is 0 Å². The van der Waals surface area contributed by atoms with Gasteiger partial charge in [-0.25, -0.2) is 0 Å². The number of benzene rings is 7. The summed E-state index contributed by atoms with van der Waals surface area (Å²) in [4.78, 5) is 1.19. The number of hydrogen-bond acceptors (Lipinski definition) is 2. The molecule has 0 aliphatic rings. The fourth-order valence-electron chi connectivity index (χ4n) is 8.22. The van der Waals surface area contributed by atoms with Crippen molar-refractivity contribution in [3.8, 4) is 39.7 Å². The molecule has 0 N–H and O–H groups in total. The van der Waals surface area contributed by atoms with Crippen LogP contribution in [-0.4, -0.2) is 9.13 Å². The summed E-state index contributed by atoms with van der Waals surface area (Å²) in [6.07, 6.45) is 6.28. The van der Waals surface area contributed by atoms with E-state index in [0.29, 0.717) is 5.56 Å². The summed E-state index contributed by atoms with van der Waals surface area (Å²) in [7, 11) is 0. The lowest BCUT2D eigenvalue weighted by molar-refractivity contribution is 1.18. The van der Waals surface area contributed by atoms with Crippen LogP contribution in [0.15, 0.2) is 164 Å². The minimum absolute atomic E-state index is 0.655. The van der Waals surface area contributed by atoms with Crippen molar-refractivity contribution in [2.75, 3.05) is 0 Å². The van der Waals surface area contributed by atoms with Gasteiger partial charge in [-0.3, -0.25) is 0 Å². The quantitative estimate of drug-likeness (QED) is 0.169. The number of fused-ring (bicyclic) bond motifs is 7. The summed E-state index contributed by atoms with van der Waals surface area (Å²) in [5.74, 6) is 0. The molecule has 7 aromatic carbocycles. The van der Waals surface area contributed by atoms with Gasteiger partial charge in [0.1, 0.15) is 0 Å². The van der Waals surface area contributed by atoms with Crippen LogP contribution < -0.4 is 0 Å². The number of rotatable bonds is 6. The zero-order valence-electron chi connectivity index (χ0n) is 29.6. The van der Waals surface area contributed by atoms with E-state index in [0.717, 1.165) is 22.4 Å². The van der Waals surface area contributed by atoms with E-state index in [2.05, 4.69) is 168 Å². The van der Waals surface area contributed by atoms with Crippen molar-refractivity contribution in [1.82, 2.24) is 9.13 Å². The van der Waals surface area contributed by atoms with E-state index in [9.17, 15) is 5.26 Å². The third kappa shape index (κ3) is 4.87. The van der Waals surface area contributed by atoms with Crippen molar-refractivity contribution in [3.05, 3.63) is 180 Å². The van der Waals surface area contributed by atoms with Crippen LogP contribution in [0, 0.1) is 11.3 Å². The number of thiophene rings is 1. The Morgan fingerprint density at radius 3 is 1.76 bits per heavy atom. The smallest absolute Gasteiger partial charge is 0.0991 e. The number of allylic oxidation sites excluding steroid dienone is 1. The first-order chi connectivity index (χ1) is 26.6. The topological polar surface area (TPSA) is 33.6 Å². The predicted octanol–water partition coefficient (Wildman–Crippen LogP) is 14.0. The summed E-state index contributed by atoms with van der Waals surface area (Å²) >= 11 is 1.81. The fraction of sp³-hybridized carbons (Fsp3) is 0.0200. The molecule has 0 unspecified atom stereocenters. The van der Waals surface area contributed by atoms with Crippen molar-refractivity contribution in [1.29, 1.82) is 5.26 Å². The highest BCUT2D eigenvalue weighted by atomic mass is 32.1. The number of para-hydroxylation sites is 2. The van der Waals surface area contributed by atoms with Crippen LogP contribution in [0.2, 0.25) is 0 Å². The summed E-state index contributed by atoms with van der Waals surface area (Å²) in [5.41, 5.74) is 13.5. The fourth-order valence-corrected chi connectivity index (χ4v) is 9.39. The number of hydrogen-bond donors (Lipinski definition) is 0. The van der Waals surface area contributed by atoms with E-state index in [1.54, 1.807) is 0 Å². The summed E-state index contributed by atoms with van der Waals surface area (Å²) in [6.45, 7) is 6.19. The first-order valence-electron chi connectivity index (χ1n) is 18.1. The van der Waals surface area contributed by atoms with Gasteiger partial charge in [-0.15, -0.1) is 11.3 Å². The van der Waals surface area contributed by atoms with Crippen LogP contribution in [0.4, 0.5) is 0 Å². The number of aromatic nitrogens is 2. The largest absolute Gasteiger partial charge is 0.309 e. The van der Waals surface area contributed by atoms with Crippen molar-refractivity contribution in [3.63, 3.8) is 0 Å². The van der Waals surface area contributed by atoms with Gasteiger partial charge in [0.2, 0.25) is 0 Å². The maximum atomic E-state index is 9.40. The van der Waals surface area contributed by atoms with E-state index in [1.165, 1.54) is 75.4 Å². The Morgan fingerprint density at radius 1 is 0.556 bits per heavy atom. The molecule has 0 saturated carbocycles. The molecule has 54 heavy (non-hydrogen) atoms. The van der Waals surface area contributed by atoms with Crippen LogP contribution in [0.1, 0.15) is 22.9 Å². The molecule has 3 aromatic heterocycles. The minimum atomic E-state index is 0.655. The van der Waals surface area contributed by atoms with Crippen molar-refractivity contribution in [2.45, 2.75) is 6.92 Å². The van der Waals surface area contributed by atoms with Gasteiger partial charge in [0.05, 0.1) is 33.7 Å². The molecule has 10 rings (SSSR count). The molecule has 0 bridgehead atoms. The molecule has 0 spiro atoms. The van der Waals surface area contributed by atoms with E-state index in [-0.39, 0.29) is 0 Å². The molecular formula is C50H33N3S. The molecule has 0 amide bonds.